The van der Waals surface area contributed by atoms with Gasteiger partial charge in [-0.3, -0.25) is 4.79 Å². The maximum Gasteiger partial charge on any atom is 0.243 e. The summed E-state index contributed by atoms with van der Waals surface area (Å²) in [6.45, 7) is 0.436. The zero-order valence-electron chi connectivity index (χ0n) is 13.4. The molecule has 0 aliphatic carbocycles. The molecule has 132 valence electrons. The number of anilines is 1. The van der Waals surface area contributed by atoms with Gasteiger partial charge in [-0.25, -0.2) is 17.8 Å². The van der Waals surface area contributed by atoms with E-state index in [1.54, 1.807) is 24.4 Å². The second kappa shape index (κ2) is 7.28. The molecule has 0 bridgehead atoms. The molecule has 2 heterocycles. The molecule has 8 heteroatoms. The number of carbonyl (C=O) groups is 1. The molecule has 6 nitrogen and oxygen atoms in total. The van der Waals surface area contributed by atoms with Crippen molar-refractivity contribution in [2.24, 2.45) is 5.92 Å². The second-order valence-electron chi connectivity index (χ2n) is 5.86. The molecule has 1 amide bonds. The number of halogens is 1. The van der Waals surface area contributed by atoms with Crippen LogP contribution in [0.1, 0.15) is 12.8 Å². The van der Waals surface area contributed by atoms with Gasteiger partial charge in [-0.1, -0.05) is 6.07 Å². The number of rotatable bonds is 4. The Hall–Kier alpha value is -2.32. The van der Waals surface area contributed by atoms with E-state index < -0.39 is 21.8 Å². The third kappa shape index (κ3) is 4.02. The standard InChI is InChI=1S/C17H18FN3O3S/c18-14-6-8-15(9-7-14)25(23,24)21-11-3-4-13(12-21)17(22)20-16-5-1-2-10-19-16/h1-2,5-10,13H,3-4,11-12H2,(H,19,20,22)/t13-/m0/s1. The Labute approximate surface area is 145 Å². The minimum Gasteiger partial charge on any atom is -0.310 e. The maximum atomic E-state index is 13.0. The monoisotopic (exact) mass is 363 g/mol. The normalized spacial score (nSPS) is 18.7. The Morgan fingerprint density at radius 2 is 1.96 bits per heavy atom. The Bertz CT molecular complexity index is 841. The zero-order valence-corrected chi connectivity index (χ0v) is 14.2. The Kier molecular flexibility index (Phi) is 5.10. The minimum absolute atomic E-state index is 0.0275. The molecule has 1 saturated heterocycles. The van der Waals surface area contributed by atoms with Crippen molar-refractivity contribution in [3.8, 4) is 0 Å². The number of sulfonamides is 1. The van der Waals surface area contributed by atoms with Crippen LogP contribution in [-0.4, -0.2) is 36.7 Å². The molecule has 3 rings (SSSR count). The Morgan fingerprint density at radius 1 is 1.20 bits per heavy atom. The minimum atomic E-state index is -3.75. The number of hydrogen-bond donors (Lipinski definition) is 1. The van der Waals surface area contributed by atoms with E-state index in [1.807, 2.05) is 0 Å². The van der Waals surface area contributed by atoms with Crippen molar-refractivity contribution < 1.29 is 17.6 Å². The van der Waals surface area contributed by atoms with Crippen LogP contribution in [0.15, 0.2) is 53.6 Å². The molecule has 0 spiro atoms. The first-order valence-electron chi connectivity index (χ1n) is 7.94. The maximum absolute atomic E-state index is 13.0. The highest BCUT2D eigenvalue weighted by Gasteiger charge is 2.33. The van der Waals surface area contributed by atoms with E-state index in [0.29, 0.717) is 25.2 Å². The summed E-state index contributed by atoms with van der Waals surface area (Å²) in [5.74, 6) is -0.764. The van der Waals surface area contributed by atoms with Gasteiger partial charge >= 0.3 is 0 Å². The summed E-state index contributed by atoms with van der Waals surface area (Å²) in [7, 11) is -3.75. The first-order valence-corrected chi connectivity index (χ1v) is 9.38. The van der Waals surface area contributed by atoms with Crippen molar-refractivity contribution in [1.29, 1.82) is 0 Å². The first kappa shape index (κ1) is 17.5. The van der Waals surface area contributed by atoms with E-state index >= 15 is 0 Å². The predicted molar refractivity (Wildman–Crippen MR) is 90.7 cm³/mol. The van der Waals surface area contributed by atoms with E-state index in [1.165, 1.54) is 16.4 Å². The predicted octanol–water partition coefficient (Wildman–Crippen LogP) is 2.26. The number of nitrogens with one attached hydrogen (secondary N) is 1. The molecule has 0 saturated carbocycles. The molecule has 0 radical (unpaired) electrons. The highest BCUT2D eigenvalue weighted by Crippen LogP contribution is 2.24. The molecule has 1 aromatic heterocycles. The second-order valence-corrected chi connectivity index (χ2v) is 7.80. The molecular formula is C17H18FN3O3S. The van der Waals surface area contributed by atoms with Crippen molar-refractivity contribution in [2.75, 3.05) is 18.4 Å². The highest BCUT2D eigenvalue weighted by molar-refractivity contribution is 7.89. The summed E-state index contributed by atoms with van der Waals surface area (Å²) < 4.78 is 39.7. The number of piperidine rings is 1. The van der Waals surface area contributed by atoms with E-state index in [9.17, 15) is 17.6 Å². The average Bonchev–Trinajstić information content (AvgIpc) is 2.63. The van der Waals surface area contributed by atoms with Crippen LogP contribution in [-0.2, 0) is 14.8 Å². The lowest BCUT2D eigenvalue weighted by molar-refractivity contribution is -0.120. The van der Waals surface area contributed by atoms with Gasteiger partial charge < -0.3 is 5.32 Å². The number of amides is 1. The van der Waals surface area contributed by atoms with Crippen LogP contribution in [0.25, 0.3) is 0 Å². The lowest BCUT2D eigenvalue weighted by Gasteiger charge is -2.31. The van der Waals surface area contributed by atoms with Crippen LogP contribution in [0.2, 0.25) is 0 Å². The van der Waals surface area contributed by atoms with Gasteiger partial charge in [0.05, 0.1) is 10.8 Å². The van der Waals surface area contributed by atoms with Gasteiger partial charge in [0.1, 0.15) is 11.6 Å². The molecule has 1 N–H and O–H groups in total. The van der Waals surface area contributed by atoms with Crippen molar-refractivity contribution in [2.45, 2.75) is 17.7 Å². The van der Waals surface area contributed by atoms with Crippen molar-refractivity contribution in [3.05, 3.63) is 54.5 Å². The number of pyridine rings is 1. The van der Waals surface area contributed by atoms with E-state index in [0.717, 1.165) is 12.1 Å². The highest BCUT2D eigenvalue weighted by atomic mass is 32.2. The topological polar surface area (TPSA) is 79.4 Å². The van der Waals surface area contributed by atoms with Crippen molar-refractivity contribution in [3.63, 3.8) is 0 Å². The molecule has 1 aromatic carbocycles. The van der Waals surface area contributed by atoms with Gasteiger partial charge in [0.2, 0.25) is 15.9 Å². The van der Waals surface area contributed by atoms with Crippen LogP contribution < -0.4 is 5.32 Å². The van der Waals surface area contributed by atoms with Crippen LogP contribution in [0, 0.1) is 11.7 Å². The Balaban J connectivity index is 1.72. The number of nitrogens with zero attached hydrogens (tertiary/aromatic N) is 2. The van der Waals surface area contributed by atoms with Crippen LogP contribution in [0.3, 0.4) is 0 Å². The smallest absolute Gasteiger partial charge is 0.243 e. The molecule has 1 atom stereocenters. The fourth-order valence-electron chi connectivity index (χ4n) is 2.80. The molecule has 25 heavy (non-hydrogen) atoms. The number of hydrogen-bond acceptors (Lipinski definition) is 4. The summed E-state index contributed by atoms with van der Waals surface area (Å²) in [4.78, 5) is 16.5. The number of aromatic nitrogens is 1. The van der Waals surface area contributed by atoms with E-state index in [2.05, 4.69) is 10.3 Å². The van der Waals surface area contributed by atoms with Crippen LogP contribution in [0.5, 0.6) is 0 Å². The largest absolute Gasteiger partial charge is 0.310 e. The number of benzene rings is 1. The van der Waals surface area contributed by atoms with Crippen LogP contribution >= 0.6 is 0 Å². The zero-order chi connectivity index (χ0) is 17.9. The first-order chi connectivity index (χ1) is 12.0. The van der Waals surface area contributed by atoms with Gasteiger partial charge in [-0.2, -0.15) is 4.31 Å². The summed E-state index contributed by atoms with van der Waals surface area (Å²) >= 11 is 0. The molecule has 0 unspecified atom stereocenters. The van der Waals surface area contributed by atoms with Gasteiger partial charge in [-0.05, 0) is 49.2 Å². The van der Waals surface area contributed by atoms with Gasteiger partial charge in [-0.15, -0.1) is 0 Å². The third-order valence-electron chi connectivity index (χ3n) is 4.12. The summed E-state index contributed by atoms with van der Waals surface area (Å²) in [5, 5.41) is 2.71. The lowest BCUT2D eigenvalue weighted by Crippen LogP contribution is -2.43. The molecule has 1 aliphatic heterocycles. The van der Waals surface area contributed by atoms with Crippen molar-refractivity contribution >= 4 is 21.7 Å². The van der Waals surface area contributed by atoms with Gasteiger partial charge in [0, 0.05) is 19.3 Å². The fourth-order valence-corrected chi connectivity index (χ4v) is 4.32. The Morgan fingerprint density at radius 3 is 2.64 bits per heavy atom. The quantitative estimate of drug-likeness (QED) is 0.904. The van der Waals surface area contributed by atoms with E-state index in [4.69, 9.17) is 0 Å². The third-order valence-corrected chi connectivity index (χ3v) is 6.00. The molecular weight excluding hydrogens is 345 g/mol. The van der Waals surface area contributed by atoms with Crippen molar-refractivity contribution in [1.82, 2.24) is 9.29 Å². The average molecular weight is 363 g/mol. The SMILES string of the molecule is O=C(Nc1ccccn1)[C@H]1CCCN(S(=O)(=O)c2ccc(F)cc2)C1. The number of carbonyl (C=O) groups excluding carboxylic acids is 1. The molecule has 2 aromatic rings. The summed E-state index contributed by atoms with van der Waals surface area (Å²) in [6.07, 6.45) is 2.76. The summed E-state index contributed by atoms with van der Waals surface area (Å²) in [6, 6.07) is 9.88. The van der Waals surface area contributed by atoms with Gasteiger partial charge in [0.25, 0.3) is 0 Å². The summed E-state index contributed by atoms with van der Waals surface area (Å²) in [5.41, 5.74) is 0. The fraction of sp³-hybridized carbons (Fsp3) is 0.294. The van der Waals surface area contributed by atoms with E-state index in [-0.39, 0.29) is 17.3 Å². The van der Waals surface area contributed by atoms with Crippen LogP contribution in [0.4, 0.5) is 10.2 Å². The molecule has 1 aliphatic rings. The lowest BCUT2D eigenvalue weighted by atomic mass is 9.99. The molecule has 1 fully saturated rings. The van der Waals surface area contributed by atoms with Gasteiger partial charge in [0.15, 0.2) is 0 Å².